The van der Waals surface area contributed by atoms with E-state index in [1.54, 1.807) is 0 Å². The van der Waals surface area contributed by atoms with Crippen LogP contribution < -0.4 is 23.8 Å². The van der Waals surface area contributed by atoms with Gasteiger partial charge in [0.25, 0.3) is 0 Å². The second-order valence-electron chi connectivity index (χ2n) is 9.62. The molecule has 0 N–H and O–H groups in total. The van der Waals surface area contributed by atoms with E-state index in [-0.39, 0.29) is 5.60 Å². The van der Waals surface area contributed by atoms with E-state index in [9.17, 15) is 0 Å². The van der Waals surface area contributed by atoms with Crippen molar-refractivity contribution < 1.29 is 18.9 Å². The number of benzene rings is 2. The first-order valence-electron chi connectivity index (χ1n) is 12.0. The van der Waals surface area contributed by atoms with Gasteiger partial charge in [-0.1, -0.05) is 22.0 Å². The lowest BCUT2D eigenvalue weighted by Gasteiger charge is -2.37. The summed E-state index contributed by atoms with van der Waals surface area (Å²) in [5.41, 5.74) is 2.22. The number of hydrogen-bond acceptors (Lipinski definition) is 6. The Bertz CT molecular complexity index is 988. The topological polar surface area (TPSA) is 43.4 Å². The summed E-state index contributed by atoms with van der Waals surface area (Å²) in [4.78, 5) is 4.97. The highest BCUT2D eigenvalue weighted by atomic mass is 79.9. The third kappa shape index (κ3) is 5.19. The minimum absolute atomic E-state index is 0.165. The van der Waals surface area contributed by atoms with Crippen molar-refractivity contribution in [3.05, 3.63) is 40.4 Å². The molecular weight excluding hydrogens is 484 g/mol. The van der Waals surface area contributed by atoms with Crippen molar-refractivity contribution in [3.8, 4) is 23.0 Å². The number of fused-ring (bicyclic) bond motifs is 2. The first-order chi connectivity index (χ1) is 16.0. The molecule has 0 bridgehead atoms. The van der Waals surface area contributed by atoms with Crippen molar-refractivity contribution in [2.45, 2.75) is 38.7 Å². The summed E-state index contributed by atoms with van der Waals surface area (Å²) in [5.74, 6) is 3.54. The van der Waals surface area contributed by atoms with Crippen LogP contribution in [-0.4, -0.2) is 63.0 Å². The molecule has 0 amide bonds. The zero-order chi connectivity index (χ0) is 22.8. The first kappa shape index (κ1) is 22.7. The van der Waals surface area contributed by atoms with Gasteiger partial charge in [-0.25, -0.2) is 0 Å². The summed E-state index contributed by atoms with van der Waals surface area (Å²) in [7, 11) is 0. The van der Waals surface area contributed by atoms with Crippen LogP contribution in [0.1, 0.15) is 32.3 Å². The zero-order valence-electron chi connectivity index (χ0n) is 19.6. The monoisotopic (exact) mass is 516 g/mol. The van der Waals surface area contributed by atoms with Gasteiger partial charge in [0, 0.05) is 42.6 Å². The Kier molecular flexibility index (Phi) is 6.61. The molecule has 6 nitrogen and oxygen atoms in total. The van der Waals surface area contributed by atoms with Crippen LogP contribution in [0.25, 0.3) is 0 Å². The average molecular weight is 517 g/mol. The number of ether oxygens (including phenoxy) is 4. The molecule has 33 heavy (non-hydrogen) atoms. The fraction of sp³-hybridized carbons (Fsp3) is 0.538. The van der Waals surface area contributed by atoms with Gasteiger partial charge in [0.1, 0.15) is 18.8 Å². The number of anilines is 1. The lowest BCUT2D eigenvalue weighted by atomic mass is 10.0. The maximum Gasteiger partial charge on any atom is 0.184 e. The van der Waals surface area contributed by atoms with E-state index in [2.05, 4.69) is 57.8 Å². The van der Waals surface area contributed by atoms with Crippen LogP contribution >= 0.6 is 15.9 Å². The molecule has 1 saturated heterocycles. The van der Waals surface area contributed by atoms with Crippen molar-refractivity contribution in [2.24, 2.45) is 0 Å². The second kappa shape index (κ2) is 9.63. The lowest BCUT2D eigenvalue weighted by Crippen LogP contribution is -2.46. The molecule has 0 aromatic heterocycles. The Hall–Kier alpha value is -2.12. The summed E-state index contributed by atoms with van der Waals surface area (Å²) in [6, 6.07) is 10.4. The van der Waals surface area contributed by atoms with E-state index in [4.69, 9.17) is 18.9 Å². The molecule has 178 valence electrons. The highest BCUT2D eigenvalue weighted by Gasteiger charge is 2.33. The molecule has 0 saturated carbocycles. The summed E-state index contributed by atoms with van der Waals surface area (Å²) >= 11 is 3.61. The summed E-state index contributed by atoms with van der Waals surface area (Å²) < 4.78 is 25.0. The standard InChI is InChI=1S/C26H33BrN2O4/c1-26(2)18-19-16-20(27)17-23(24(19)33-26)30-13-4-3-8-28-9-11-29(12-10-28)21-6-5-7-22-25(21)32-15-14-31-22/h5-7,16-17H,3-4,8-15,18H2,1-2H3. The number of rotatable bonds is 7. The number of unbranched alkanes of at least 4 members (excludes halogenated alkanes) is 1. The van der Waals surface area contributed by atoms with Crippen molar-refractivity contribution in [2.75, 3.05) is 57.4 Å². The van der Waals surface area contributed by atoms with Crippen LogP contribution in [0.4, 0.5) is 5.69 Å². The van der Waals surface area contributed by atoms with Gasteiger partial charge in [0.15, 0.2) is 23.0 Å². The van der Waals surface area contributed by atoms with Crippen molar-refractivity contribution >= 4 is 21.6 Å². The van der Waals surface area contributed by atoms with Gasteiger partial charge in [0.2, 0.25) is 0 Å². The molecule has 0 atom stereocenters. The Labute approximate surface area is 204 Å². The minimum atomic E-state index is -0.165. The smallest absolute Gasteiger partial charge is 0.184 e. The van der Waals surface area contributed by atoms with E-state index in [0.717, 1.165) is 85.1 Å². The highest BCUT2D eigenvalue weighted by molar-refractivity contribution is 9.10. The van der Waals surface area contributed by atoms with Gasteiger partial charge in [0.05, 0.1) is 12.3 Å². The summed E-state index contributed by atoms with van der Waals surface area (Å²) in [6.45, 7) is 11.4. The molecule has 0 aliphatic carbocycles. The van der Waals surface area contributed by atoms with Crippen LogP contribution in [0.15, 0.2) is 34.8 Å². The molecule has 5 rings (SSSR count). The Morgan fingerprint density at radius 1 is 1.00 bits per heavy atom. The molecule has 3 heterocycles. The fourth-order valence-corrected chi connectivity index (χ4v) is 5.37. The van der Waals surface area contributed by atoms with Crippen molar-refractivity contribution in [3.63, 3.8) is 0 Å². The largest absolute Gasteiger partial charge is 0.490 e. The van der Waals surface area contributed by atoms with Crippen molar-refractivity contribution in [1.29, 1.82) is 0 Å². The highest BCUT2D eigenvalue weighted by Crippen LogP contribution is 2.44. The van der Waals surface area contributed by atoms with Crippen LogP contribution in [0.5, 0.6) is 23.0 Å². The van der Waals surface area contributed by atoms with Gasteiger partial charge < -0.3 is 23.8 Å². The maximum absolute atomic E-state index is 6.14. The van der Waals surface area contributed by atoms with Gasteiger partial charge >= 0.3 is 0 Å². The molecule has 3 aliphatic rings. The molecule has 1 fully saturated rings. The summed E-state index contributed by atoms with van der Waals surface area (Å²) in [6.07, 6.45) is 3.07. The Balaban J connectivity index is 1.06. The molecule has 3 aliphatic heterocycles. The van der Waals surface area contributed by atoms with E-state index in [1.807, 2.05) is 12.1 Å². The predicted octanol–water partition coefficient (Wildman–Crippen LogP) is 4.92. The van der Waals surface area contributed by atoms with Crippen LogP contribution in [0.2, 0.25) is 0 Å². The number of nitrogens with zero attached hydrogens (tertiary/aromatic N) is 2. The molecular formula is C26H33BrN2O4. The van der Waals surface area contributed by atoms with Crippen LogP contribution in [-0.2, 0) is 6.42 Å². The Morgan fingerprint density at radius 3 is 2.67 bits per heavy atom. The van der Waals surface area contributed by atoms with Crippen molar-refractivity contribution in [1.82, 2.24) is 4.90 Å². The van der Waals surface area contributed by atoms with Gasteiger partial charge in [-0.2, -0.15) is 0 Å². The first-order valence-corrected chi connectivity index (χ1v) is 12.8. The summed E-state index contributed by atoms with van der Waals surface area (Å²) in [5, 5.41) is 0. The zero-order valence-corrected chi connectivity index (χ0v) is 21.2. The normalized spacial score (nSPS) is 19.2. The van der Waals surface area contributed by atoms with E-state index < -0.39 is 0 Å². The fourth-order valence-electron chi connectivity index (χ4n) is 4.89. The SMILES string of the molecule is CC1(C)Cc2cc(Br)cc(OCCCCN3CCN(c4cccc5c4OCCO5)CC3)c2O1. The van der Waals surface area contributed by atoms with Crippen LogP contribution in [0, 0.1) is 0 Å². The third-order valence-corrected chi connectivity index (χ3v) is 6.93. The third-order valence-electron chi connectivity index (χ3n) is 6.48. The molecule has 7 heteroatoms. The second-order valence-corrected chi connectivity index (χ2v) is 10.5. The number of hydrogen-bond donors (Lipinski definition) is 0. The number of piperazine rings is 1. The number of halogens is 1. The van der Waals surface area contributed by atoms with E-state index in [1.165, 1.54) is 5.56 Å². The van der Waals surface area contributed by atoms with Gasteiger partial charge in [-0.15, -0.1) is 0 Å². The minimum Gasteiger partial charge on any atom is -0.490 e. The maximum atomic E-state index is 6.14. The molecule has 2 aromatic rings. The van der Waals surface area contributed by atoms with E-state index >= 15 is 0 Å². The Morgan fingerprint density at radius 2 is 1.82 bits per heavy atom. The quantitative estimate of drug-likeness (QED) is 0.487. The lowest BCUT2D eigenvalue weighted by molar-refractivity contribution is 0.131. The van der Waals surface area contributed by atoms with E-state index in [0.29, 0.717) is 19.8 Å². The van der Waals surface area contributed by atoms with Crippen LogP contribution in [0.3, 0.4) is 0 Å². The molecule has 0 radical (unpaired) electrons. The molecule has 0 spiro atoms. The predicted molar refractivity (Wildman–Crippen MR) is 133 cm³/mol. The van der Waals surface area contributed by atoms with Gasteiger partial charge in [-0.3, -0.25) is 4.90 Å². The number of para-hydroxylation sites is 1. The van der Waals surface area contributed by atoms with Gasteiger partial charge in [-0.05, 0) is 57.5 Å². The molecule has 2 aromatic carbocycles. The average Bonchev–Trinajstić information content (AvgIpc) is 3.12. The molecule has 0 unspecified atom stereocenters.